The van der Waals surface area contributed by atoms with E-state index >= 15 is 0 Å². The van der Waals surface area contributed by atoms with Crippen molar-refractivity contribution in [2.45, 2.75) is 39.9 Å². The number of hydrogen-bond donors (Lipinski definition) is 2. The zero-order valence-corrected chi connectivity index (χ0v) is 11.7. The van der Waals surface area contributed by atoms with Crippen LogP contribution in [0.5, 0.6) is 0 Å². The van der Waals surface area contributed by atoms with E-state index in [-0.39, 0.29) is 37.2 Å². The first-order valence-electron chi connectivity index (χ1n) is 6.08. The Balaban J connectivity index is 3.51. The lowest BCUT2D eigenvalue weighted by molar-refractivity contribution is -0.504. The molecule has 0 saturated carbocycles. The average molecular weight is 281 g/mol. The molecule has 8 heteroatoms. The van der Waals surface area contributed by atoms with Crippen molar-refractivity contribution >= 4 is 6.16 Å². The highest BCUT2D eigenvalue weighted by atomic mass is 17.1. The Morgan fingerprint density at radius 1 is 1.16 bits per heavy atom. The second-order valence-corrected chi connectivity index (χ2v) is 4.41. The van der Waals surface area contributed by atoms with E-state index < -0.39 is 12.3 Å². The van der Waals surface area contributed by atoms with E-state index in [1.807, 2.05) is 13.8 Å². The maximum Gasteiger partial charge on any atom is 0.508 e. The van der Waals surface area contributed by atoms with Crippen LogP contribution in [0.2, 0.25) is 0 Å². The molecule has 0 bridgehead atoms. The first-order chi connectivity index (χ1) is 8.82. The molecule has 114 valence electrons. The molecule has 0 rings (SSSR count). The van der Waals surface area contributed by atoms with Gasteiger partial charge >= 0.3 is 6.16 Å². The molecule has 1 unspecified atom stereocenters. The average Bonchev–Trinajstić information content (AvgIpc) is 2.27. The topological polar surface area (TPSA) is 97.7 Å². The van der Waals surface area contributed by atoms with Gasteiger partial charge in [0, 0.05) is 0 Å². The molecule has 0 spiro atoms. The molecule has 0 aliphatic heterocycles. The lowest BCUT2D eigenvalue weighted by Gasteiger charge is -2.16. The first-order valence-corrected chi connectivity index (χ1v) is 6.08. The number of nitrogens with zero attached hydrogens (tertiary/aromatic N) is 1. The quantitative estimate of drug-likeness (QED) is 0.373. The fraction of sp³-hybridized carbons (Fsp3) is 0.909. The summed E-state index contributed by atoms with van der Waals surface area (Å²) in [6.07, 6.45) is -1.48. The minimum absolute atomic E-state index is 0.0539. The van der Waals surface area contributed by atoms with Crippen molar-refractivity contribution in [3.05, 3.63) is 0 Å². The largest absolute Gasteiger partial charge is 0.508 e. The molecule has 0 aliphatic rings. The summed E-state index contributed by atoms with van der Waals surface area (Å²) in [6, 6.07) is 0. The van der Waals surface area contributed by atoms with E-state index in [4.69, 9.17) is 24.6 Å². The van der Waals surface area contributed by atoms with Crippen LogP contribution in [0.1, 0.15) is 27.7 Å². The van der Waals surface area contributed by atoms with Gasteiger partial charge in [0.25, 0.3) is 0 Å². The Hall–Kier alpha value is -0.930. The van der Waals surface area contributed by atoms with Crippen molar-refractivity contribution < 1.29 is 34.3 Å². The Morgan fingerprint density at radius 2 is 1.79 bits per heavy atom. The third-order valence-corrected chi connectivity index (χ3v) is 2.30. The van der Waals surface area contributed by atoms with Crippen LogP contribution in [0, 0.1) is 5.92 Å². The first kappa shape index (κ1) is 18.1. The van der Waals surface area contributed by atoms with Gasteiger partial charge in [-0.05, 0) is 19.8 Å². The molecule has 0 radical (unpaired) electrons. The number of rotatable bonds is 9. The summed E-state index contributed by atoms with van der Waals surface area (Å²) in [5, 5.41) is 16.3. The normalized spacial score (nSPS) is 14.5. The van der Waals surface area contributed by atoms with Crippen molar-refractivity contribution in [3.63, 3.8) is 0 Å². The van der Waals surface area contributed by atoms with Crippen LogP contribution in [-0.4, -0.2) is 54.0 Å². The van der Waals surface area contributed by atoms with Crippen LogP contribution in [-0.2, 0) is 19.0 Å². The smallest absolute Gasteiger partial charge is 0.432 e. The Bertz CT molecular complexity index is 247. The summed E-state index contributed by atoms with van der Waals surface area (Å²) in [5.74, 6) is 0.224. The Morgan fingerprint density at radius 3 is 2.32 bits per heavy atom. The third kappa shape index (κ3) is 10.7. The van der Waals surface area contributed by atoms with Gasteiger partial charge in [-0.3, -0.25) is 10.4 Å². The van der Waals surface area contributed by atoms with Gasteiger partial charge in [-0.15, -0.1) is 0 Å². The van der Waals surface area contributed by atoms with Gasteiger partial charge in [0.05, 0.1) is 18.6 Å². The van der Waals surface area contributed by atoms with Gasteiger partial charge in [-0.25, -0.2) is 9.63 Å². The Labute approximate surface area is 112 Å². The second kappa shape index (κ2) is 9.93. The van der Waals surface area contributed by atoms with E-state index in [0.29, 0.717) is 0 Å². The number of hydrogen-bond acceptors (Lipinski definition) is 8. The molecule has 19 heavy (non-hydrogen) atoms. The van der Waals surface area contributed by atoms with E-state index in [1.165, 1.54) is 0 Å². The molecule has 0 aromatic heterocycles. The van der Waals surface area contributed by atoms with E-state index in [9.17, 15) is 4.79 Å². The molecular formula is C11H23NO7. The van der Waals surface area contributed by atoms with E-state index in [1.54, 1.807) is 13.8 Å². The zero-order chi connectivity index (χ0) is 14.8. The minimum Gasteiger partial charge on any atom is -0.432 e. The molecule has 0 aromatic carbocycles. The zero-order valence-electron chi connectivity index (χ0n) is 11.7. The van der Waals surface area contributed by atoms with Crippen molar-refractivity contribution in [3.8, 4) is 0 Å². The molecule has 0 heterocycles. The lowest BCUT2D eigenvalue weighted by Crippen LogP contribution is -2.26. The van der Waals surface area contributed by atoms with Gasteiger partial charge in [-0.2, -0.15) is 0 Å². The molecule has 2 N–H and O–H groups in total. The number of ether oxygens (including phenoxy) is 3. The molecule has 0 aliphatic carbocycles. The molecule has 8 nitrogen and oxygen atoms in total. The van der Waals surface area contributed by atoms with Crippen molar-refractivity contribution in [2.75, 3.05) is 19.8 Å². The van der Waals surface area contributed by atoms with Crippen LogP contribution in [0.3, 0.4) is 0 Å². The summed E-state index contributed by atoms with van der Waals surface area (Å²) in [4.78, 5) is 15.6. The van der Waals surface area contributed by atoms with Gasteiger partial charge in [0.1, 0.15) is 18.8 Å². The minimum atomic E-state index is -0.731. The molecular weight excluding hydrogens is 258 g/mol. The van der Waals surface area contributed by atoms with Gasteiger partial charge < -0.3 is 14.2 Å². The molecule has 0 aromatic rings. The van der Waals surface area contributed by atoms with Crippen molar-refractivity contribution in [1.29, 1.82) is 0 Å². The van der Waals surface area contributed by atoms with Crippen molar-refractivity contribution in [1.82, 2.24) is 5.39 Å². The number of carbonyl (C=O) groups is 1. The third-order valence-electron chi connectivity index (χ3n) is 2.30. The number of carbonyl (C=O) groups excluding carboxylic acids is 1. The predicted octanol–water partition coefficient (Wildman–Crippen LogP) is 1.60. The highest BCUT2D eigenvalue weighted by molar-refractivity contribution is 5.60. The highest BCUT2D eigenvalue weighted by Crippen LogP contribution is 2.06. The van der Waals surface area contributed by atoms with E-state index in [0.717, 1.165) is 0 Å². The summed E-state index contributed by atoms with van der Waals surface area (Å²) < 4.78 is 14.9. The second-order valence-electron chi connectivity index (χ2n) is 4.41. The maximum absolute atomic E-state index is 11.2. The highest BCUT2D eigenvalue weighted by Gasteiger charge is 2.13. The van der Waals surface area contributed by atoms with Crippen LogP contribution >= 0.6 is 0 Å². The van der Waals surface area contributed by atoms with Crippen LogP contribution < -0.4 is 0 Å². The van der Waals surface area contributed by atoms with Gasteiger partial charge in [-0.1, -0.05) is 13.8 Å². The van der Waals surface area contributed by atoms with Gasteiger partial charge in [0.15, 0.2) is 0 Å². The lowest BCUT2D eigenvalue weighted by atomic mass is 10.1. The van der Waals surface area contributed by atoms with E-state index in [2.05, 4.69) is 4.84 Å². The fourth-order valence-corrected chi connectivity index (χ4v) is 0.946. The van der Waals surface area contributed by atoms with Crippen LogP contribution in [0.15, 0.2) is 0 Å². The standard InChI is InChI=1S/C11H23NO7/c1-8(2)10(4)18-11(13)17-6-5-16-7-9(3)19-12(14)15/h8-10,14-15H,5-7H2,1-4H3/t9-,10?/m1/s1. The fourth-order valence-electron chi connectivity index (χ4n) is 0.946. The molecule has 0 fully saturated rings. The Kier molecular flexibility index (Phi) is 9.44. The summed E-state index contributed by atoms with van der Waals surface area (Å²) in [5.41, 5.74) is 0. The molecule has 0 amide bonds. The SMILES string of the molecule is CC(C)C(C)OC(=O)OCCOC[C@@H](C)ON(O)O. The molecule has 0 saturated heterocycles. The maximum atomic E-state index is 11.2. The summed E-state index contributed by atoms with van der Waals surface area (Å²) >= 11 is 0. The predicted molar refractivity (Wildman–Crippen MR) is 63.5 cm³/mol. The van der Waals surface area contributed by atoms with Crippen LogP contribution in [0.4, 0.5) is 4.79 Å². The summed E-state index contributed by atoms with van der Waals surface area (Å²) in [6.45, 7) is 7.59. The van der Waals surface area contributed by atoms with Crippen molar-refractivity contribution in [2.24, 2.45) is 5.92 Å². The summed E-state index contributed by atoms with van der Waals surface area (Å²) in [7, 11) is 0. The van der Waals surface area contributed by atoms with Gasteiger partial charge in [0.2, 0.25) is 0 Å². The monoisotopic (exact) mass is 281 g/mol. The van der Waals surface area contributed by atoms with Crippen LogP contribution in [0.25, 0.3) is 0 Å². The molecule has 2 atom stereocenters.